The van der Waals surface area contributed by atoms with Gasteiger partial charge in [-0.3, -0.25) is 14.9 Å². The van der Waals surface area contributed by atoms with E-state index in [1.165, 1.54) is 17.7 Å². The number of amides is 4. The fourth-order valence-corrected chi connectivity index (χ4v) is 4.29. The predicted octanol–water partition coefficient (Wildman–Crippen LogP) is 1.85. The Balaban J connectivity index is 1.61. The van der Waals surface area contributed by atoms with Gasteiger partial charge in [-0.1, -0.05) is 6.07 Å². The lowest BCUT2D eigenvalue weighted by Crippen LogP contribution is -2.42. The van der Waals surface area contributed by atoms with Crippen LogP contribution in [-0.4, -0.2) is 46.9 Å². The topological polar surface area (TPSA) is 114 Å². The molecular formula is C19H17N5O4S. The van der Waals surface area contributed by atoms with Crippen molar-refractivity contribution >= 4 is 39.9 Å². The van der Waals surface area contributed by atoms with Gasteiger partial charge < -0.3 is 15.0 Å². The second-order valence-electron chi connectivity index (χ2n) is 6.43. The second kappa shape index (κ2) is 7.84. The Morgan fingerprint density at radius 2 is 2.28 bits per heavy atom. The molecule has 3 aromatic rings. The van der Waals surface area contributed by atoms with Gasteiger partial charge in [-0.05, 0) is 23.8 Å². The van der Waals surface area contributed by atoms with Crippen LogP contribution in [0, 0.1) is 0 Å². The fourth-order valence-electron chi connectivity index (χ4n) is 3.27. The molecule has 148 valence electrons. The van der Waals surface area contributed by atoms with Gasteiger partial charge in [-0.25, -0.2) is 14.8 Å². The highest BCUT2D eigenvalue weighted by Gasteiger charge is 2.31. The second-order valence-corrected chi connectivity index (χ2v) is 7.49. The Morgan fingerprint density at radius 3 is 3.03 bits per heavy atom. The zero-order valence-electron chi connectivity index (χ0n) is 15.4. The number of hydrogen-bond acceptors (Lipinski definition) is 7. The Hall–Kier alpha value is -3.53. The quantitative estimate of drug-likeness (QED) is 0.599. The first-order chi connectivity index (χ1) is 14.1. The zero-order chi connectivity index (χ0) is 20.4. The highest BCUT2D eigenvalue weighted by atomic mass is 32.1. The summed E-state index contributed by atoms with van der Waals surface area (Å²) in [6.45, 7) is 0.665. The smallest absolute Gasteiger partial charge is 0.321 e. The molecule has 0 aliphatic carbocycles. The molecule has 1 aliphatic heterocycles. The van der Waals surface area contributed by atoms with Crippen LogP contribution in [0.4, 0.5) is 4.79 Å². The highest BCUT2D eigenvalue weighted by molar-refractivity contribution is 7.18. The molecule has 4 amide bonds. The first-order valence-corrected chi connectivity index (χ1v) is 9.57. The summed E-state index contributed by atoms with van der Waals surface area (Å²) in [7, 11) is 1.55. The molecule has 0 saturated heterocycles. The number of methoxy groups -OCH3 is 1. The third-order valence-corrected chi connectivity index (χ3v) is 5.82. The summed E-state index contributed by atoms with van der Waals surface area (Å²) in [6, 6.07) is 6.11. The minimum Gasteiger partial charge on any atom is -0.497 e. The number of urea groups is 1. The first kappa shape index (κ1) is 18.8. The van der Waals surface area contributed by atoms with Gasteiger partial charge in [0.2, 0.25) is 6.41 Å². The van der Waals surface area contributed by atoms with Crippen LogP contribution in [0.15, 0.2) is 36.8 Å². The predicted molar refractivity (Wildman–Crippen MR) is 106 cm³/mol. The molecule has 3 heterocycles. The number of benzene rings is 1. The zero-order valence-corrected chi connectivity index (χ0v) is 16.2. The molecule has 0 fully saturated rings. The van der Waals surface area contributed by atoms with Crippen molar-refractivity contribution in [3.05, 3.63) is 52.8 Å². The van der Waals surface area contributed by atoms with E-state index in [-0.39, 0.29) is 12.5 Å². The van der Waals surface area contributed by atoms with E-state index in [1.807, 2.05) is 18.2 Å². The van der Waals surface area contributed by atoms with Crippen LogP contribution in [0.3, 0.4) is 0 Å². The number of imide groups is 1. The number of carbonyl (C=O) groups is 3. The van der Waals surface area contributed by atoms with Crippen molar-refractivity contribution in [2.75, 3.05) is 13.7 Å². The van der Waals surface area contributed by atoms with Crippen molar-refractivity contribution in [2.45, 2.75) is 12.6 Å². The van der Waals surface area contributed by atoms with Crippen LogP contribution in [0.5, 0.6) is 5.75 Å². The lowest BCUT2D eigenvalue weighted by atomic mass is 10.1. The van der Waals surface area contributed by atoms with Crippen LogP contribution in [0.1, 0.15) is 26.8 Å². The number of fused-ring (bicyclic) bond motifs is 2. The summed E-state index contributed by atoms with van der Waals surface area (Å²) in [5.41, 5.74) is 1.48. The third-order valence-electron chi connectivity index (χ3n) is 4.65. The van der Waals surface area contributed by atoms with E-state index < -0.39 is 12.1 Å². The Morgan fingerprint density at radius 1 is 1.41 bits per heavy atom. The lowest BCUT2D eigenvalue weighted by molar-refractivity contribution is -0.108. The van der Waals surface area contributed by atoms with Gasteiger partial charge in [0.05, 0.1) is 13.2 Å². The number of nitrogens with zero attached hydrogens (tertiary/aromatic N) is 3. The third kappa shape index (κ3) is 3.74. The molecule has 4 rings (SSSR count). The van der Waals surface area contributed by atoms with Crippen LogP contribution in [0.25, 0.3) is 10.2 Å². The number of aromatic nitrogens is 2. The summed E-state index contributed by atoms with van der Waals surface area (Å²) >= 11 is 1.40. The molecular weight excluding hydrogens is 394 g/mol. The molecule has 0 radical (unpaired) electrons. The van der Waals surface area contributed by atoms with Crippen molar-refractivity contribution in [1.82, 2.24) is 25.5 Å². The number of rotatable bonds is 6. The molecule has 0 bridgehead atoms. The number of hydrogen-bond donors (Lipinski definition) is 2. The number of ether oxygens (including phenoxy) is 1. The number of carbonyl (C=O) groups excluding carboxylic acids is 3. The Bertz CT molecular complexity index is 1070. The molecule has 1 aromatic carbocycles. The van der Waals surface area contributed by atoms with E-state index in [9.17, 15) is 14.4 Å². The van der Waals surface area contributed by atoms with Crippen molar-refractivity contribution in [3.63, 3.8) is 0 Å². The Labute approximate surface area is 169 Å². The maximum atomic E-state index is 12.9. The highest BCUT2D eigenvalue weighted by Crippen LogP contribution is 2.32. The molecule has 1 atom stereocenters. The molecule has 9 nitrogen and oxygen atoms in total. The van der Waals surface area contributed by atoms with Gasteiger partial charge in [-0.2, -0.15) is 0 Å². The minimum atomic E-state index is -0.639. The molecule has 0 unspecified atom stereocenters. The minimum absolute atomic E-state index is 0.137. The van der Waals surface area contributed by atoms with Crippen LogP contribution < -0.4 is 15.4 Å². The van der Waals surface area contributed by atoms with E-state index in [0.29, 0.717) is 24.3 Å². The van der Waals surface area contributed by atoms with Gasteiger partial charge in [0.15, 0.2) is 0 Å². The van der Waals surface area contributed by atoms with Gasteiger partial charge in [0.1, 0.15) is 16.9 Å². The standard InChI is InChI=1S/C19H17N5O4S/c1-28-13-3-2-11-7-24(18(26)14(11)5-13)8-15(23-19(27)22-10-25)16-4-12-6-20-9-21-17(12)29-16/h2-6,9-10,15H,7-8H2,1H3,(H2,22,23,25,27)/t15-/m0/s1. The fraction of sp³-hybridized carbons (Fsp3) is 0.211. The summed E-state index contributed by atoms with van der Waals surface area (Å²) in [5.74, 6) is 0.476. The molecule has 0 spiro atoms. The van der Waals surface area contributed by atoms with E-state index in [0.717, 1.165) is 20.7 Å². The molecule has 2 N–H and O–H groups in total. The summed E-state index contributed by atoms with van der Waals surface area (Å²) < 4.78 is 5.21. The summed E-state index contributed by atoms with van der Waals surface area (Å²) in [5, 5.41) is 5.67. The van der Waals surface area contributed by atoms with E-state index in [4.69, 9.17) is 4.74 Å². The largest absolute Gasteiger partial charge is 0.497 e. The van der Waals surface area contributed by atoms with E-state index in [2.05, 4.69) is 20.6 Å². The first-order valence-electron chi connectivity index (χ1n) is 8.75. The van der Waals surface area contributed by atoms with E-state index in [1.54, 1.807) is 24.3 Å². The van der Waals surface area contributed by atoms with Gasteiger partial charge in [0.25, 0.3) is 5.91 Å². The Kier molecular flexibility index (Phi) is 5.09. The maximum Gasteiger partial charge on any atom is 0.321 e. The van der Waals surface area contributed by atoms with Gasteiger partial charge in [0, 0.05) is 35.1 Å². The maximum absolute atomic E-state index is 12.9. The van der Waals surface area contributed by atoms with Crippen LogP contribution >= 0.6 is 11.3 Å². The van der Waals surface area contributed by atoms with Crippen LogP contribution in [-0.2, 0) is 11.3 Å². The van der Waals surface area contributed by atoms with Crippen molar-refractivity contribution in [2.24, 2.45) is 0 Å². The summed E-state index contributed by atoms with van der Waals surface area (Å²) in [4.78, 5) is 47.0. The lowest BCUT2D eigenvalue weighted by Gasteiger charge is -2.23. The van der Waals surface area contributed by atoms with E-state index >= 15 is 0 Å². The summed E-state index contributed by atoms with van der Waals surface area (Å²) in [6.07, 6.45) is 3.46. The van der Waals surface area contributed by atoms with Crippen LogP contribution in [0.2, 0.25) is 0 Å². The van der Waals surface area contributed by atoms with Gasteiger partial charge >= 0.3 is 6.03 Å². The monoisotopic (exact) mass is 411 g/mol. The van der Waals surface area contributed by atoms with Crippen molar-refractivity contribution in [3.8, 4) is 5.75 Å². The number of nitrogens with one attached hydrogen (secondary N) is 2. The van der Waals surface area contributed by atoms with Crippen molar-refractivity contribution < 1.29 is 19.1 Å². The molecule has 2 aromatic heterocycles. The number of thiophene rings is 1. The average molecular weight is 411 g/mol. The molecule has 29 heavy (non-hydrogen) atoms. The molecule has 1 aliphatic rings. The normalized spacial score (nSPS) is 13.8. The SMILES string of the molecule is COc1ccc2c(c1)C(=O)N(C[C@H](NC(=O)NC=O)c1cc3cncnc3s1)C2. The van der Waals surface area contributed by atoms with Gasteiger partial charge in [-0.15, -0.1) is 11.3 Å². The molecule has 0 saturated carbocycles. The van der Waals surface area contributed by atoms with Crippen molar-refractivity contribution in [1.29, 1.82) is 0 Å². The molecule has 10 heteroatoms. The average Bonchev–Trinajstić information content (AvgIpc) is 3.29.